The van der Waals surface area contributed by atoms with Crippen LogP contribution in [0.3, 0.4) is 0 Å². The van der Waals surface area contributed by atoms with E-state index in [1.165, 1.54) is 16.7 Å². The van der Waals surface area contributed by atoms with Crippen molar-refractivity contribution in [2.24, 2.45) is 29.1 Å². The molecule has 0 amide bonds. The minimum atomic E-state index is -0.836. The van der Waals surface area contributed by atoms with Crippen LogP contribution < -0.4 is 0 Å². The van der Waals surface area contributed by atoms with Gasteiger partial charge in [-0.3, -0.25) is 0 Å². The normalized spacial score (nSPS) is 38.2. The van der Waals surface area contributed by atoms with Crippen molar-refractivity contribution < 1.29 is 9.50 Å². The molecular weight excluding hydrogens is 359 g/mol. The highest BCUT2D eigenvalue weighted by atomic mass is 19.1. The van der Waals surface area contributed by atoms with Gasteiger partial charge in [0.25, 0.3) is 0 Å². The fraction of sp³-hybridized carbons (Fsp3) is 0.704. The van der Waals surface area contributed by atoms with Crippen LogP contribution in [0, 0.1) is 29.1 Å². The monoisotopic (exact) mass is 400 g/mol. The maximum absolute atomic E-state index is 15.3. The summed E-state index contributed by atoms with van der Waals surface area (Å²) in [6, 6.07) is 0. The van der Waals surface area contributed by atoms with Crippen molar-refractivity contribution in [1.29, 1.82) is 0 Å². The van der Waals surface area contributed by atoms with Crippen molar-refractivity contribution in [2.45, 2.75) is 91.3 Å². The molecular formula is C27H41FO. The maximum Gasteiger partial charge on any atom is 0.122 e. The smallest absolute Gasteiger partial charge is 0.122 e. The zero-order valence-corrected chi connectivity index (χ0v) is 19.0. The molecule has 3 aliphatic carbocycles. The molecule has 6 atom stereocenters. The Hall–Kier alpha value is -1.15. The molecule has 0 aromatic rings. The first kappa shape index (κ1) is 22.5. The average molecular weight is 401 g/mol. The Morgan fingerprint density at radius 2 is 1.86 bits per heavy atom. The highest BCUT2D eigenvalue weighted by Gasteiger charge is 2.51. The van der Waals surface area contributed by atoms with Gasteiger partial charge in [0.15, 0.2) is 0 Å². The summed E-state index contributed by atoms with van der Waals surface area (Å²) >= 11 is 0. The summed E-state index contributed by atoms with van der Waals surface area (Å²) in [7, 11) is 0. The SMILES string of the molecule is C=C1CC[C@H](O)C/C1=C/C=C1\CCC[C@]2(C)[C@@H]([C@H](F)/C=C/[C@H](C)C(C)C)CC[C@@H]12. The lowest BCUT2D eigenvalue weighted by Crippen LogP contribution is -2.36. The lowest BCUT2D eigenvalue weighted by Gasteiger charge is -2.43. The van der Waals surface area contributed by atoms with Crippen LogP contribution in [0.15, 0.2) is 47.6 Å². The molecule has 0 spiro atoms. The number of halogens is 1. The summed E-state index contributed by atoms with van der Waals surface area (Å²) < 4.78 is 15.3. The fourth-order valence-electron chi connectivity index (χ4n) is 5.84. The summed E-state index contributed by atoms with van der Waals surface area (Å²) in [4.78, 5) is 0. The Labute approximate surface area is 177 Å². The summed E-state index contributed by atoms with van der Waals surface area (Å²) in [5.41, 5.74) is 3.93. The van der Waals surface area contributed by atoms with E-state index in [-0.39, 0.29) is 17.4 Å². The molecule has 0 radical (unpaired) electrons. The van der Waals surface area contributed by atoms with Crippen LogP contribution in [0.1, 0.15) is 79.1 Å². The molecule has 162 valence electrons. The fourth-order valence-corrected chi connectivity index (χ4v) is 5.84. The van der Waals surface area contributed by atoms with E-state index in [0.29, 0.717) is 17.8 Å². The topological polar surface area (TPSA) is 20.2 Å². The van der Waals surface area contributed by atoms with Crippen molar-refractivity contribution in [3.63, 3.8) is 0 Å². The molecule has 3 aliphatic rings. The van der Waals surface area contributed by atoms with Crippen LogP contribution >= 0.6 is 0 Å². The molecule has 0 saturated heterocycles. The Morgan fingerprint density at radius 3 is 2.59 bits per heavy atom. The second-order valence-electron chi connectivity index (χ2n) is 10.5. The molecule has 0 aliphatic heterocycles. The number of hydrogen-bond donors (Lipinski definition) is 1. The minimum Gasteiger partial charge on any atom is -0.393 e. The van der Waals surface area contributed by atoms with E-state index in [1.807, 2.05) is 6.08 Å². The van der Waals surface area contributed by atoms with Crippen LogP contribution in [-0.4, -0.2) is 17.4 Å². The molecule has 0 bridgehead atoms. The third kappa shape index (κ3) is 4.95. The Balaban J connectivity index is 1.75. The number of hydrogen-bond acceptors (Lipinski definition) is 1. The molecule has 0 unspecified atom stereocenters. The predicted molar refractivity (Wildman–Crippen MR) is 121 cm³/mol. The van der Waals surface area contributed by atoms with Gasteiger partial charge in [0.05, 0.1) is 6.10 Å². The highest BCUT2D eigenvalue weighted by molar-refractivity contribution is 5.36. The summed E-state index contributed by atoms with van der Waals surface area (Å²) in [6.07, 6.45) is 15.3. The molecule has 2 heteroatoms. The zero-order valence-electron chi connectivity index (χ0n) is 19.0. The third-order valence-corrected chi connectivity index (χ3v) is 8.26. The quantitative estimate of drug-likeness (QED) is 0.479. The first-order chi connectivity index (χ1) is 13.7. The first-order valence-electron chi connectivity index (χ1n) is 11.8. The largest absolute Gasteiger partial charge is 0.393 e. The van der Waals surface area contributed by atoms with E-state index >= 15 is 4.39 Å². The van der Waals surface area contributed by atoms with E-state index in [0.717, 1.165) is 51.4 Å². The molecule has 3 saturated carbocycles. The predicted octanol–water partition coefficient (Wildman–Crippen LogP) is 7.34. The zero-order chi connectivity index (χ0) is 21.2. The van der Waals surface area contributed by atoms with Gasteiger partial charge in [-0.1, -0.05) is 69.7 Å². The molecule has 0 aromatic carbocycles. The lowest BCUT2D eigenvalue weighted by atomic mass is 9.62. The van der Waals surface area contributed by atoms with Gasteiger partial charge in [-0.15, -0.1) is 0 Å². The molecule has 0 aromatic heterocycles. The highest BCUT2D eigenvalue weighted by Crippen LogP contribution is 2.59. The van der Waals surface area contributed by atoms with Gasteiger partial charge in [0, 0.05) is 0 Å². The van der Waals surface area contributed by atoms with Crippen LogP contribution in [0.5, 0.6) is 0 Å². The second kappa shape index (κ2) is 9.33. The van der Waals surface area contributed by atoms with Crippen LogP contribution in [-0.2, 0) is 0 Å². The van der Waals surface area contributed by atoms with Crippen molar-refractivity contribution in [2.75, 3.05) is 0 Å². The Bertz CT molecular complexity index is 685. The van der Waals surface area contributed by atoms with Gasteiger partial charge in [0.2, 0.25) is 0 Å². The molecule has 0 heterocycles. The number of alkyl halides is 1. The number of fused-ring (bicyclic) bond motifs is 1. The lowest BCUT2D eigenvalue weighted by molar-refractivity contribution is 0.0886. The van der Waals surface area contributed by atoms with Crippen molar-refractivity contribution in [3.05, 3.63) is 47.6 Å². The van der Waals surface area contributed by atoms with E-state index in [9.17, 15) is 5.11 Å². The van der Waals surface area contributed by atoms with Crippen LogP contribution in [0.2, 0.25) is 0 Å². The standard InChI is InChI=1S/C27H41FO/c1-18(2)19(3)9-15-26(28)25-14-13-24-21(7-6-16-27(24,25)5)10-11-22-17-23(29)12-8-20(22)4/h9-11,15,18-19,23-26,29H,4,6-8,12-14,16-17H2,1-3,5H3/b15-9+,21-10+,22-11-/t19-,23-,24-,25+,26+,27-/m0/s1. The van der Waals surface area contributed by atoms with Gasteiger partial charge in [0.1, 0.15) is 6.17 Å². The van der Waals surface area contributed by atoms with Crippen molar-refractivity contribution >= 4 is 0 Å². The van der Waals surface area contributed by atoms with E-state index < -0.39 is 6.17 Å². The molecule has 3 rings (SSSR count). The van der Waals surface area contributed by atoms with Crippen LogP contribution in [0.4, 0.5) is 4.39 Å². The number of allylic oxidation sites excluding steroid dienone is 6. The van der Waals surface area contributed by atoms with Crippen LogP contribution in [0.25, 0.3) is 0 Å². The molecule has 1 nitrogen and oxygen atoms in total. The van der Waals surface area contributed by atoms with E-state index in [4.69, 9.17) is 0 Å². The van der Waals surface area contributed by atoms with Gasteiger partial charge in [-0.2, -0.15) is 0 Å². The Morgan fingerprint density at radius 1 is 1.10 bits per heavy atom. The first-order valence-corrected chi connectivity index (χ1v) is 11.8. The van der Waals surface area contributed by atoms with Crippen molar-refractivity contribution in [1.82, 2.24) is 0 Å². The molecule has 3 fully saturated rings. The second-order valence-corrected chi connectivity index (χ2v) is 10.5. The van der Waals surface area contributed by atoms with Gasteiger partial charge >= 0.3 is 0 Å². The number of aliphatic hydroxyl groups is 1. The number of aliphatic hydroxyl groups excluding tert-OH is 1. The van der Waals surface area contributed by atoms with Gasteiger partial charge < -0.3 is 5.11 Å². The Kier molecular flexibility index (Phi) is 7.25. The molecule has 29 heavy (non-hydrogen) atoms. The maximum atomic E-state index is 15.3. The summed E-state index contributed by atoms with van der Waals surface area (Å²) in [5.74, 6) is 1.60. The van der Waals surface area contributed by atoms with Gasteiger partial charge in [-0.05, 0) is 86.0 Å². The summed E-state index contributed by atoms with van der Waals surface area (Å²) in [5, 5.41) is 9.99. The third-order valence-electron chi connectivity index (χ3n) is 8.26. The van der Waals surface area contributed by atoms with E-state index in [2.05, 4.69) is 52.5 Å². The molecule has 1 N–H and O–H groups in total. The number of rotatable bonds is 5. The average Bonchev–Trinajstić information content (AvgIpc) is 3.04. The summed E-state index contributed by atoms with van der Waals surface area (Å²) in [6.45, 7) is 13.1. The minimum absolute atomic E-state index is 0.0660. The van der Waals surface area contributed by atoms with Crippen molar-refractivity contribution in [3.8, 4) is 0 Å². The van der Waals surface area contributed by atoms with E-state index in [1.54, 1.807) is 0 Å². The van der Waals surface area contributed by atoms with Gasteiger partial charge in [-0.25, -0.2) is 4.39 Å².